The highest BCUT2D eigenvalue weighted by atomic mass is 35.5. The Balaban J connectivity index is 0.00000385. The van der Waals surface area contributed by atoms with Gasteiger partial charge in [0.15, 0.2) is 15.0 Å². The monoisotopic (exact) mass is 529 g/mol. The first-order valence-electron chi connectivity index (χ1n) is 10.4. The lowest BCUT2D eigenvalue weighted by atomic mass is 10.1. The van der Waals surface area contributed by atoms with E-state index < -0.39 is 9.84 Å². The molecule has 3 rings (SSSR count). The smallest absolute Gasteiger partial charge is 0.229 e. The SMILES string of the molecule is Cc1cc(C)c2sc(N(CCCN(C)C)C(=O)CCS(=O)(=O)c3ccc(Cl)cc3)nc2c1.Cl. The number of aromatic nitrogens is 1. The summed E-state index contributed by atoms with van der Waals surface area (Å²) in [6, 6.07) is 10.1. The molecule has 0 fully saturated rings. The number of anilines is 1. The van der Waals surface area contributed by atoms with E-state index >= 15 is 0 Å². The first-order chi connectivity index (χ1) is 15.1. The lowest BCUT2D eigenvalue weighted by Crippen LogP contribution is -2.34. The topological polar surface area (TPSA) is 70.6 Å². The van der Waals surface area contributed by atoms with E-state index in [0.29, 0.717) is 16.7 Å². The standard InChI is InChI=1S/C23H28ClN3O3S2.ClH/c1-16-14-17(2)22-20(15-16)25-23(31-22)27(12-5-11-26(3)4)21(28)10-13-32(29,30)19-8-6-18(24)7-9-19;/h6-9,14-15H,5,10-13H2,1-4H3;1H. The molecule has 0 aliphatic rings. The quantitative estimate of drug-likeness (QED) is 0.383. The molecule has 1 heterocycles. The maximum absolute atomic E-state index is 13.2. The van der Waals surface area contributed by atoms with Crippen molar-refractivity contribution in [3.8, 4) is 0 Å². The highest BCUT2D eigenvalue weighted by molar-refractivity contribution is 7.91. The van der Waals surface area contributed by atoms with Gasteiger partial charge in [0.2, 0.25) is 5.91 Å². The molecule has 3 aromatic rings. The van der Waals surface area contributed by atoms with E-state index in [4.69, 9.17) is 16.6 Å². The second-order valence-corrected chi connectivity index (χ2v) is 11.7. The predicted molar refractivity (Wildman–Crippen MR) is 140 cm³/mol. The van der Waals surface area contributed by atoms with E-state index in [2.05, 4.69) is 11.0 Å². The zero-order valence-electron chi connectivity index (χ0n) is 19.2. The third-order valence-corrected chi connectivity index (χ3v) is 8.30. The summed E-state index contributed by atoms with van der Waals surface area (Å²) in [5.74, 6) is -0.504. The van der Waals surface area contributed by atoms with Gasteiger partial charge in [-0.2, -0.15) is 0 Å². The van der Waals surface area contributed by atoms with Gasteiger partial charge < -0.3 is 4.90 Å². The molecule has 180 valence electrons. The van der Waals surface area contributed by atoms with Gasteiger partial charge in [-0.05, 0) is 82.4 Å². The summed E-state index contributed by atoms with van der Waals surface area (Å²) in [4.78, 5) is 21.7. The van der Waals surface area contributed by atoms with E-state index in [9.17, 15) is 13.2 Å². The maximum Gasteiger partial charge on any atom is 0.229 e. The van der Waals surface area contributed by atoms with Gasteiger partial charge in [-0.3, -0.25) is 9.69 Å². The Morgan fingerprint density at radius 2 is 1.76 bits per heavy atom. The van der Waals surface area contributed by atoms with Gasteiger partial charge >= 0.3 is 0 Å². The third-order valence-electron chi connectivity index (χ3n) is 5.09. The molecule has 0 N–H and O–H groups in total. The molecule has 0 saturated carbocycles. The number of amides is 1. The second kappa shape index (κ2) is 11.6. The lowest BCUT2D eigenvalue weighted by Gasteiger charge is -2.21. The van der Waals surface area contributed by atoms with Crippen molar-refractivity contribution in [2.75, 3.05) is 37.8 Å². The van der Waals surface area contributed by atoms with E-state index in [1.165, 1.54) is 35.6 Å². The van der Waals surface area contributed by atoms with Crippen molar-refractivity contribution in [1.29, 1.82) is 0 Å². The summed E-state index contributed by atoms with van der Waals surface area (Å²) in [6.07, 6.45) is 0.650. The van der Waals surface area contributed by atoms with Crippen LogP contribution in [0.2, 0.25) is 5.02 Å². The number of aryl methyl sites for hydroxylation is 2. The number of fused-ring (bicyclic) bond motifs is 1. The maximum atomic E-state index is 13.2. The second-order valence-electron chi connectivity index (χ2n) is 8.15. The lowest BCUT2D eigenvalue weighted by molar-refractivity contribution is -0.118. The van der Waals surface area contributed by atoms with E-state index in [1.807, 2.05) is 34.0 Å². The Kier molecular flexibility index (Phi) is 9.70. The summed E-state index contributed by atoms with van der Waals surface area (Å²) in [5, 5.41) is 1.08. The number of thiazole rings is 1. The third kappa shape index (κ3) is 7.13. The number of hydrogen-bond acceptors (Lipinski definition) is 6. The van der Waals surface area contributed by atoms with E-state index in [1.54, 1.807) is 4.90 Å². The molecule has 6 nitrogen and oxygen atoms in total. The van der Waals surface area contributed by atoms with Crippen LogP contribution in [0, 0.1) is 13.8 Å². The van der Waals surface area contributed by atoms with Crippen molar-refractivity contribution in [3.63, 3.8) is 0 Å². The van der Waals surface area contributed by atoms with Crippen LogP contribution in [-0.2, 0) is 14.6 Å². The van der Waals surface area contributed by atoms with Crippen molar-refractivity contribution in [1.82, 2.24) is 9.88 Å². The van der Waals surface area contributed by atoms with E-state index in [0.717, 1.165) is 34.3 Å². The molecule has 0 spiro atoms. The van der Waals surface area contributed by atoms with Gasteiger partial charge in [-0.1, -0.05) is 29.0 Å². The largest absolute Gasteiger partial charge is 0.309 e. The molecule has 0 bridgehead atoms. The van der Waals surface area contributed by atoms with Crippen LogP contribution in [-0.4, -0.2) is 57.1 Å². The molecule has 0 saturated heterocycles. The van der Waals surface area contributed by atoms with Gasteiger partial charge in [0, 0.05) is 18.0 Å². The number of nitrogens with zero attached hydrogens (tertiary/aromatic N) is 3. The molecule has 2 aromatic carbocycles. The molecule has 0 aliphatic heterocycles. The van der Waals surface area contributed by atoms with Crippen molar-refractivity contribution < 1.29 is 13.2 Å². The van der Waals surface area contributed by atoms with Crippen LogP contribution in [0.15, 0.2) is 41.3 Å². The van der Waals surface area contributed by atoms with Gasteiger partial charge in [-0.15, -0.1) is 12.4 Å². The first-order valence-corrected chi connectivity index (χ1v) is 13.2. The Morgan fingerprint density at radius 3 is 2.39 bits per heavy atom. The number of rotatable bonds is 9. The minimum absolute atomic E-state index is 0. The van der Waals surface area contributed by atoms with Gasteiger partial charge in [0.1, 0.15) is 0 Å². The van der Waals surface area contributed by atoms with Crippen molar-refractivity contribution in [2.45, 2.75) is 31.6 Å². The summed E-state index contributed by atoms with van der Waals surface area (Å²) in [6.45, 7) is 5.35. The summed E-state index contributed by atoms with van der Waals surface area (Å²) in [5.41, 5.74) is 3.10. The van der Waals surface area contributed by atoms with Gasteiger partial charge in [0.25, 0.3) is 0 Å². The molecule has 10 heteroatoms. The highest BCUT2D eigenvalue weighted by Crippen LogP contribution is 2.32. The number of carbonyl (C=O) groups excluding carboxylic acids is 1. The zero-order chi connectivity index (χ0) is 23.5. The molecule has 0 aliphatic carbocycles. The molecule has 0 radical (unpaired) electrons. The van der Waals surface area contributed by atoms with Crippen molar-refractivity contribution >= 4 is 66.4 Å². The van der Waals surface area contributed by atoms with Crippen molar-refractivity contribution in [3.05, 3.63) is 52.5 Å². The fourth-order valence-electron chi connectivity index (χ4n) is 3.47. The fourth-order valence-corrected chi connectivity index (χ4v) is 5.88. The molecule has 0 atom stereocenters. The Morgan fingerprint density at radius 1 is 1.09 bits per heavy atom. The Hall–Kier alpha value is -1.71. The van der Waals surface area contributed by atoms with Crippen LogP contribution in [0.3, 0.4) is 0 Å². The van der Waals surface area contributed by atoms with Crippen LogP contribution in [0.4, 0.5) is 5.13 Å². The van der Waals surface area contributed by atoms with Crippen molar-refractivity contribution in [2.24, 2.45) is 0 Å². The fraction of sp³-hybridized carbons (Fsp3) is 0.391. The zero-order valence-corrected chi connectivity index (χ0v) is 22.4. The Bertz CT molecular complexity index is 1210. The van der Waals surface area contributed by atoms with Crippen LogP contribution in [0.25, 0.3) is 10.2 Å². The molecular formula is C23H29Cl2N3O3S2. The van der Waals surface area contributed by atoms with Gasteiger partial charge in [-0.25, -0.2) is 13.4 Å². The molecule has 0 unspecified atom stereocenters. The number of sulfone groups is 1. The van der Waals surface area contributed by atoms with Crippen LogP contribution in [0.1, 0.15) is 24.0 Å². The molecular weight excluding hydrogens is 501 g/mol. The summed E-state index contributed by atoms with van der Waals surface area (Å²) in [7, 11) is 0.372. The number of hydrogen-bond donors (Lipinski definition) is 0. The first kappa shape index (κ1) is 27.5. The van der Waals surface area contributed by atoms with E-state index in [-0.39, 0.29) is 35.4 Å². The molecule has 1 aromatic heterocycles. The summed E-state index contributed by atoms with van der Waals surface area (Å²) >= 11 is 7.33. The summed E-state index contributed by atoms with van der Waals surface area (Å²) < 4.78 is 26.4. The predicted octanol–water partition coefficient (Wildman–Crippen LogP) is 5.14. The average molecular weight is 531 g/mol. The minimum atomic E-state index is -3.59. The Labute approximate surface area is 210 Å². The van der Waals surface area contributed by atoms with Crippen LogP contribution in [0.5, 0.6) is 0 Å². The molecule has 33 heavy (non-hydrogen) atoms. The normalized spacial score (nSPS) is 11.6. The number of benzene rings is 2. The van der Waals surface area contributed by atoms with Gasteiger partial charge in [0.05, 0.1) is 20.9 Å². The van der Waals surface area contributed by atoms with Crippen LogP contribution < -0.4 is 4.90 Å². The molecule has 1 amide bonds. The average Bonchev–Trinajstić information content (AvgIpc) is 3.13. The highest BCUT2D eigenvalue weighted by Gasteiger charge is 2.23. The minimum Gasteiger partial charge on any atom is -0.309 e. The number of carbonyl (C=O) groups is 1. The van der Waals surface area contributed by atoms with Crippen LogP contribution >= 0.6 is 35.3 Å². The number of halogens is 2.